The Kier molecular flexibility index (Phi) is 2.25. The van der Waals surface area contributed by atoms with Crippen molar-refractivity contribution < 1.29 is 9.21 Å². The third-order valence-corrected chi connectivity index (χ3v) is 2.46. The van der Waals surface area contributed by atoms with Crippen molar-refractivity contribution in [2.75, 3.05) is 13.1 Å². The third kappa shape index (κ3) is 1.50. The zero-order chi connectivity index (χ0) is 10.1. The van der Waals surface area contributed by atoms with Crippen LogP contribution in [0.1, 0.15) is 22.7 Å². The fraction of sp³-hybridized carbons (Fsp3) is 0.556. The van der Waals surface area contributed by atoms with Crippen molar-refractivity contribution in [3.8, 4) is 0 Å². The number of oxazole rings is 1. The van der Waals surface area contributed by atoms with Crippen molar-refractivity contribution in [1.29, 1.82) is 0 Å². The lowest BCUT2D eigenvalue weighted by Gasteiger charge is -2.13. The molecule has 1 aliphatic rings. The van der Waals surface area contributed by atoms with Crippen molar-refractivity contribution in [2.45, 2.75) is 19.4 Å². The van der Waals surface area contributed by atoms with Gasteiger partial charge in [0.1, 0.15) is 5.76 Å². The first-order valence-corrected chi connectivity index (χ1v) is 4.63. The first-order valence-electron chi connectivity index (χ1n) is 4.63. The molecule has 1 amide bonds. The fourth-order valence-electron chi connectivity index (χ4n) is 1.63. The second kappa shape index (κ2) is 3.42. The summed E-state index contributed by atoms with van der Waals surface area (Å²) in [4.78, 5) is 17.4. The van der Waals surface area contributed by atoms with Gasteiger partial charge in [-0.3, -0.25) is 4.79 Å². The summed E-state index contributed by atoms with van der Waals surface area (Å²) >= 11 is 0. The fourth-order valence-corrected chi connectivity index (χ4v) is 1.63. The number of hydrogen-bond donors (Lipinski definition) is 1. The first-order chi connectivity index (χ1) is 6.68. The summed E-state index contributed by atoms with van der Waals surface area (Å²) in [6.45, 7) is 3.06. The lowest BCUT2D eigenvalue weighted by atomic mass is 10.3. The molecule has 2 N–H and O–H groups in total. The van der Waals surface area contributed by atoms with Gasteiger partial charge in [-0.05, 0) is 13.3 Å². The highest BCUT2D eigenvalue weighted by atomic mass is 16.3. The van der Waals surface area contributed by atoms with Crippen LogP contribution in [0.15, 0.2) is 10.8 Å². The van der Waals surface area contributed by atoms with E-state index in [4.69, 9.17) is 10.2 Å². The number of nitrogens with zero attached hydrogens (tertiary/aromatic N) is 2. The summed E-state index contributed by atoms with van der Waals surface area (Å²) in [5, 5.41) is 0. The normalized spacial score (nSPS) is 21.6. The maximum absolute atomic E-state index is 11.8. The van der Waals surface area contributed by atoms with Crippen molar-refractivity contribution >= 4 is 5.91 Å². The Hall–Kier alpha value is -1.36. The van der Waals surface area contributed by atoms with Gasteiger partial charge in [0.25, 0.3) is 5.91 Å². The van der Waals surface area contributed by atoms with Crippen LogP contribution in [-0.2, 0) is 0 Å². The van der Waals surface area contributed by atoms with E-state index >= 15 is 0 Å². The predicted molar refractivity (Wildman–Crippen MR) is 49.7 cm³/mol. The molecular weight excluding hydrogens is 182 g/mol. The summed E-state index contributed by atoms with van der Waals surface area (Å²) in [7, 11) is 0. The van der Waals surface area contributed by atoms with Gasteiger partial charge < -0.3 is 15.1 Å². The molecule has 2 rings (SSSR count). The van der Waals surface area contributed by atoms with Crippen LogP contribution in [0, 0.1) is 6.92 Å². The van der Waals surface area contributed by atoms with E-state index in [1.165, 1.54) is 6.39 Å². The molecule has 0 spiro atoms. The monoisotopic (exact) mass is 195 g/mol. The van der Waals surface area contributed by atoms with E-state index in [1.54, 1.807) is 11.8 Å². The average Bonchev–Trinajstić information content (AvgIpc) is 2.73. The standard InChI is InChI=1S/C9H13N3O2/c1-6-8(11-5-14-6)9(13)12-3-2-7(10)4-12/h5,7H,2-4,10H2,1H3/t7-/m1/s1. The Morgan fingerprint density at radius 3 is 3.07 bits per heavy atom. The number of aryl methyl sites for hydroxylation is 1. The van der Waals surface area contributed by atoms with E-state index in [9.17, 15) is 4.79 Å². The van der Waals surface area contributed by atoms with Crippen LogP contribution >= 0.6 is 0 Å². The summed E-state index contributed by atoms with van der Waals surface area (Å²) in [6, 6.07) is 0.103. The molecule has 0 saturated carbocycles. The Labute approximate surface area is 81.9 Å². The van der Waals surface area contributed by atoms with Gasteiger partial charge in [0.05, 0.1) is 0 Å². The summed E-state index contributed by atoms with van der Waals surface area (Å²) in [6.07, 6.45) is 2.15. The predicted octanol–water partition coefficient (Wildman–Crippen LogP) is 0.156. The van der Waals surface area contributed by atoms with E-state index in [0.717, 1.165) is 6.42 Å². The molecule has 0 aromatic carbocycles. The van der Waals surface area contributed by atoms with Gasteiger partial charge in [0.15, 0.2) is 12.1 Å². The lowest BCUT2D eigenvalue weighted by Crippen LogP contribution is -2.32. The molecule has 0 unspecified atom stereocenters. The molecule has 0 radical (unpaired) electrons. The molecule has 2 heterocycles. The molecule has 1 saturated heterocycles. The molecule has 1 aromatic heterocycles. The highest BCUT2D eigenvalue weighted by Gasteiger charge is 2.27. The van der Waals surface area contributed by atoms with Crippen LogP contribution < -0.4 is 5.73 Å². The van der Waals surface area contributed by atoms with E-state index < -0.39 is 0 Å². The van der Waals surface area contributed by atoms with Gasteiger partial charge >= 0.3 is 0 Å². The number of nitrogens with two attached hydrogens (primary N) is 1. The van der Waals surface area contributed by atoms with Crippen LogP contribution in [-0.4, -0.2) is 34.9 Å². The number of amides is 1. The van der Waals surface area contributed by atoms with Gasteiger partial charge in [-0.15, -0.1) is 0 Å². The van der Waals surface area contributed by atoms with Crippen LogP contribution in [0.25, 0.3) is 0 Å². The summed E-state index contributed by atoms with van der Waals surface area (Å²) in [5.74, 6) is 0.486. The van der Waals surface area contributed by atoms with Gasteiger partial charge in [0, 0.05) is 19.1 Å². The maximum Gasteiger partial charge on any atom is 0.276 e. The third-order valence-electron chi connectivity index (χ3n) is 2.46. The number of carbonyl (C=O) groups is 1. The molecule has 0 bridgehead atoms. The Morgan fingerprint density at radius 1 is 1.79 bits per heavy atom. The van der Waals surface area contributed by atoms with Crippen LogP contribution in [0.3, 0.4) is 0 Å². The maximum atomic E-state index is 11.8. The topological polar surface area (TPSA) is 72.4 Å². The van der Waals surface area contributed by atoms with E-state index in [1.807, 2.05) is 0 Å². The van der Waals surface area contributed by atoms with E-state index in [-0.39, 0.29) is 11.9 Å². The minimum Gasteiger partial charge on any atom is -0.448 e. The molecular formula is C9H13N3O2. The number of likely N-dealkylation sites (tertiary alicyclic amines) is 1. The molecule has 1 atom stereocenters. The van der Waals surface area contributed by atoms with Gasteiger partial charge in [-0.1, -0.05) is 0 Å². The molecule has 5 nitrogen and oxygen atoms in total. The smallest absolute Gasteiger partial charge is 0.276 e. The molecule has 1 aliphatic heterocycles. The number of rotatable bonds is 1. The van der Waals surface area contributed by atoms with Crippen LogP contribution in [0.4, 0.5) is 0 Å². The highest BCUT2D eigenvalue weighted by Crippen LogP contribution is 2.13. The van der Waals surface area contributed by atoms with Crippen molar-refractivity contribution in [3.63, 3.8) is 0 Å². The zero-order valence-corrected chi connectivity index (χ0v) is 8.06. The summed E-state index contributed by atoms with van der Waals surface area (Å²) in [5.41, 5.74) is 6.12. The van der Waals surface area contributed by atoms with Gasteiger partial charge in [-0.25, -0.2) is 4.98 Å². The van der Waals surface area contributed by atoms with Gasteiger partial charge in [-0.2, -0.15) is 0 Å². The first kappa shape index (κ1) is 9.21. The molecule has 1 aromatic rings. The second-order valence-corrected chi connectivity index (χ2v) is 3.56. The number of hydrogen-bond acceptors (Lipinski definition) is 4. The number of aromatic nitrogens is 1. The summed E-state index contributed by atoms with van der Waals surface area (Å²) < 4.78 is 4.98. The van der Waals surface area contributed by atoms with Crippen LogP contribution in [0.5, 0.6) is 0 Å². The van der Waals surface area contributed by atoms with E-state index in [0.29, 0.717) is 24.5 Å². The van der Waals surface area contributed by atoms with Gasteiger partial charge in [0.2, 0.25) is 0 Å². The lowest BCUT2D eigenvalue weighted by molar-refractivity contribution is 0.0784. The Balaban J connectivity index is 2.13. The highest BCUT2D eigenvalue weighted by molar-refractivity contribution is 5.93. The van der Waals surface area contributed by atoms with E-state index in [2.05, 4.69) is 4.98 Å². The molecule has 0 aliphatic carbocycles. The number of carbonyl (C=O) groups excluding carboxylic acids is 1. The molecule has 14 heavy (non-hydrogen) atoms. The SMILES string of the molecule is Cc1ocnc1C(=O)N1CC[C@@H](N)C1. The average molecular weight is 195 g/mol. The molecule has 5 heteroatoms. The van der Waals surface area contributed by atoms with Crippen molar-refractivity contribution in [1.82, 2.24) is 9.88 Å². The minimum absolute atomic E-state index is 0.0794. The zero-order valence-electron chi connectivity index (χ0n) is 8.06. The quantitative estimate of drug-likeness (QED) is 0.692. The van der Waals surface area contributed by atoms with Crippen LogP contribution in [0.2, 0.25) is 0 Å². The largest absolute Gasteiger partial charge is 0.448 e. The Bertz CT molecular complexity index is 348. The van der Waals surface area contributed by atoms with Crippen molar-refractivity contribution in [3.05, 3.63) is 17.8 Å². The molecule has 1 fully saturated rings. The Morgan fingerprint density at radius 2 is 2.57 bits per heavy atom. The minimum atomic E-state index is -0.0794. The van der Waals surface area contributed by atoms with Crippen molar-refractivity contribution in [2.24, 2.45) is 5.73 Å². The second-order valence-electron chi connectivity index (χ2n) is 3.56. The molecule has 76 valence electrons.